The number of carbonyl (C=O) groups excluding carboxylic acids is 1. The molecule has 0 saturated carbocycles. The van der Waals surface area contributed by atoms with Crippen molar-refractivity contribution in [2.24, 2.45) is 0 Å². The van der Waals surface area contributed by atoms with Crippen LogP contribution in [0.3, 0.4) is 0 Å². The Balaban J connectivity index is 2.21. The topological polar surface area (TPSA) is 38.3 Å². The lowest BCUT2D eigenvalue weighted by Crippen LogP contribution is -2.28. The van der Waals surface area contributed by atoms with E-state index in [1.165, 1.54) is 0 Å². The van der Waals surface area contributed by atoms with Crippen LogP contribution in [-0.2, 0) is 0 Å². The van der Waals surface area contributed by atoms with Crippen LogP contribution < -0.4 is 10.1 Å². The largest absolute Gasteiger partial charge is 0.496 e. The molecule has 0 unspecified atom stereocenters. The summed E-state index contributed by atoms with van der Waals surface area (Å²) in [4.78, 5) is 12.6. The van der Waals surface area contributed by atoms with Crippen LogP contribution >= 0.6 is 22.6 Å². The van der Waals surface area contributed by atoms with Crippen LogP contribution in [0.25, 0.3) is 0 Å². The number of carbonyl (C=O) groups is 1. The maximum atomic E-state index is 12.6. The predicted molar refractivity (Wildman–Crippen MR) is 102 cm³/mol. The molecule has 0 radical (unpaired) electrons. The van der Waals surface area contributed by atoms with Crippen molar-refractivity contribution >= 4 is 28.5 Å². The molecule has 122 valence electrons. The first kappa shape index (κ1) is 17.8. The minimum Gasteiger partial charge on any atom is -0.496 e. The lowest BCUT2D eigenvalue weighted by Gasteiger charge is -2.19. The maximum Gasteiger partial charge on any atom is 0.252 e. The zero-order chi connectivity index (χ0) is 17.0. The van der Waals surface area contributed by atoms with Crippen LogP contribution in [0.2, 0.25) is 0 Å². The van der Waals surface area contributed by atoms with Crippen molar-refractivity contribution in [2.75, 3.05) is 7.11 Å². The van der Waals surface area contributed by atoms with Crippen molar-refractivity contribution in [1.82, 2.24) is 5.32 Å². The zero-order valence-electron chi connectivity index (χ0n) is 13.9. The molecule has 0 fully saturated rings. The van der Waals surface area contributed by atoms with Crippen LogP contribution in [0.15, 0.2) is 36.4 Å². The number of amides is 1. The second-order valence-corrected chi connectivity index (χ2v) is 6.81. The number of nitrogens with one attached hydrogen (secondary N) is 1. The third kappa shape index (κ3) is 4.25. The van der Waals surface area contributed by atoms with Gasteiger partial charge < -0.3 is 10.1 Å². The van der Waals surface area contributed by atoms with Gasteiger partial charge in [0.2, 0.25) is 0 Å². The first-order valence-corrected chi connectivity index (χ1v) is 8.75. The summed E-state index contributed by atoms with van der Waals surface area (Å²) in [6, 6.07) is 11.9. The molecule has 0 saturated heterocycles. The van der Waals surface area contributed by atoms with E-state index in [4.69, 9.17) is 4.74 Å². The number of aryl methyl sites for hydroxylation is 2. The summed E-state index contributed by atoms with van der Waals surface area (Å²) in [5.74, 6) is 0.831. The van der Waals surface area contributed by atoms with Crippen molar-refractivity contribution in [2.45, 2.75) is 33.2 Å². The summed E-state index contributed by atoms with van der Waals surface area (Å²) in [7, 11) is 1.67. The number of benzene rings is 2. The van der Waals surface area contributed by atoms with Crippen LogP contribution in [0.1, 0.15) is 46.4 Å². The lowest BCUT2D eigenvalue weighted by molar-refractivity contribution is 0.0934. The van der Waals surface area contributed by atoms with Crippen molar-refractivity contribution in [1.29, 1.82) is 0 Å². The van der Waals surface area contributed by atoms with Gasteiger partial charge >= 0.3 is 0 Å². The number of rotatable bonds is 5. The highest BCUT2D eigenvalue weighted by Gasteiger charge is 2.17. The van der Waals surface area contributed by atoms with E-state index in [0.29, 0.717) is 0 Å². The van der Waals surface area contributed by atoms with Crippen molar-refractivity contribution in [3.63, 3.8) is 0 Å². The van der Waals surface area contributed by atoms with E-state index in [1.54, 1.807) is 7.11 Å². The third-order valence-electron chi connectivity index (χ3n) is 3.90. The highest BCUT2D eigenvalue weighted by molar-refractivity contribution is 14.1. The summed E-state index contributed by atoms with van der Waals surface area (Å²) in [6.07, 6.45) is 0.833. The standard InChI is InChI=1S/C19H22INO2/c1-5-17(14-7-9-18(23-4)13(3)11-14)21-19(22)15-8-6-12(2)10-16(15)20/h6-11,17H,5H2,1-4H3,(H,21,22)/t17-/m0/s1. The SMILES string of the molecule is CC[C@H](NC(=O)c1ccc(C)cc1I)c1ccc(OC)c(C)c1. The number of halogens is 1. The van der Waals surface area contributed by atoms with E-state index in [0.717, 1.165) is 38.0 Å². The van der Waals surface area contributed by atoms with Gasteiger partial charge in [0, 0.05) is 3.57 Å². The average molecular weight is 423 g/mol. The lowest BCUT2D eigenvalue weighted by atomic mass is 10.0. The van der Waals surface area contributed by atoms with E-state index in [2.05, 4.69) is 40.9 Å². The first-order chi connectivity index (χ1) is 11.0. The molecule has 1 amide bonds. The van der Waals surface area contributed by atoms with Gasteiger partial charge in [-0.2, -0.15) is 0 Å². The molecule has 0 heterocycles. The fourth-order valence-corrected chi connectivity index (χ4v) is 3.50. The Labute approximate surface area is 151 Å². The molecule has 2 rings (SSSR count). The number of methoxy groups -OCH3 is 1. The molecule has 2 aromatic carbocycles. The highest BCUT2D eigenvalue weighted by atomic mass is 127. The fraction of sp³-hybridized carbons (Fsp3) is 0.316. The molecule has 3 nitrogen and oxygen atoms in total. The quantitative estimate of drug-likeness (QED) is 0.702. The van der Waals surface area contributed by atoms with Gasteiger partial charge in [0.1, 0.15) is 5.75 Å². The van der Waals surface area contributed by atoms with E-state index in [9.17, 15) is 4.79 Å². The summed E-state index contributed by atoms with van der Waals surface area (Å²) < 4.78 is 6.28. The van der Waals surface area contributed by atoms with E-state index in [1.807, 2.05) is 44.2 Å². The Morgan fingerprint density at radius 2 is 1.96 bits per heavy atom. The Kier molecular flexibility index (Phi) is 6.04. The van der Waals surface area contributed by atoms with Gasteiger partial charge in [-0.3, -0.25) is 4.79 Å². The minimum atomic E-state index is -0.0327. The monoisotopic (exact) mass is 423 g/mol. The van der Waals surface area contributed by atoms with Gasteiger partial charge in [-0.25, -0.2) is 0 Å². The van der Waals surface area contributed by atoms with Crippen LogP contribution in [0, 0.1) is 17.4 Å². The Morgan fingerprint density at radius 3 is 2.52 bits per heavy atom. The molecule has 0 aliphatic carbocycles. The third-order valence-corrected chi connectivity index (χ3v) is 4.80. The number of hydrogen-bond acceptors (Lipinski definition) is 2. The molecular formula is C19H22INO2. The molecule has 0 aromatic heterocycles. The normalized spacial score (nSPS) is 11.9. The van der Waals surface area contributed by atoms with Gasteiger partial charge in [-0.1, -0.05) is 30.7 Å². The molecule has 0 aliphatic heterocycles. The second-order valence-electron chi connectivity index (χ2n) is 5.65. The predicted octanol–water partition coefficient (Wildman–Crippen LogP) is 4.80. The Hall–Kier alpha value is -1.56. The van der Waals surface area contributed by atoms with Crippen molar-refractivity contribution < 1.29 is 9.53 Å². The summed E-state index contributed by atoms with van der Waals surface area (Å²) in [6.45, 7) is 6.11. The number of hydrogen-bond donors (Lipinski definition) is 1. The minimum absolute atomic E-state index is 0.00999. The first-order valence-electron chi connectivity index (χ1n) is 7.67. The molecule has 0 spiro atoms. The van der Waals surface area contributed by atoms with E-state index < -0.39 is 0 Å². The zero-order valence-corrected chi connectivity index (χ0v) is 16.1. The molecule has 0 aliphatic rings. The van der Waals surface area contributed by atoms with Gasteiger partial charge in [0.25, 0.3) is 5.91 Å². The maximum absolute atomic E-state index is 12.6. The molecule has 1 atom stereocenters. The molecule has 0 bridgehead atoms. The summed E-state index contributed by atoms with van der Waals surface area (Å²) in [5, 5.41) is 3.14. The molecular weight excluding hydrogens is 401 g/mol. The Morgan fingerprint density at radius 1 is 1.22 bits per heavy atom. The fourth-order valence-electron chi connectivity index (χ4n) is 2.58. The molecule has 23 heavy (non-hydrogen) atoms. The molecule has 4 heteroatoms. The van der Waals surface area contributed by atoms with Gasteiger partial charge in [-0.15, -0.1) is 0 Å². The van der Waals surface area contributed by atoms with Crippen molar-refractivity contribution in [3.05, 3.63) is 62.2 Å². The average Bonchev–Trinajstić information content (AvgIpc) is 2.52. The van der Waals surface area contributed by atoms with Crippen LogP contribution in [-0.4, -0.2) is 13.0 Å². The van der Waals surface area contributed by atoms with Crippen LogP contribution in [0.5, 0.6) is 5.75 Å². The van der Waals surface area contributed by atoms with Gasteiger partial charge in [0.05, 0.1) is 18.7 Å². The van der Waals surface area contributed by atoms with Crippen LogP contribution in [0.4, 0.5) is 0 Å². The van der Waals surface area contributed by atoms with Gasteiger partial charge in [0.15, 0.2) is 0 Å². The Bertz CT molecular complexity index is 713. The summed E-state index contributed by atoms with van der Waals surface area (Å²) in [5.41, 5.74) is 4.05. The smallest absolute Gasteiger partial charge is 0.252 e. The molecule has 1 N–H and O–H groups in total. The highest BCUT2D eigenvalue weighted by Crippen LogP contribution is 2.25. The molecule has 2 aromatic rings. The van der Waals surface area contributed by atoms with Crippen molar-refractivity contribution in [3.8, 4) is 5.75 Å². The van der Waals surface area contributed by atoms with E-state index >= 15 is 0 Å². The van der Waals surface area contributed by atoms with Gasteiger partial charge in [-0.05, 0) is 72.2 Å². The van der Waals surface area contributed by atoms with E-state index in [-0.39, 0.29) is 11.9 Å². The number of ether oxygens (including phenoxy) is 1. The second kappa shape index (κ2) is 7.81. The summed E-state index contributed by atoms with van der Waals surface area (Å²) >= 11 is 2.21.